The van der Waals surface area contributed by atoms with Gasteiger partial charge in [-0.2, -0.15) is 0 Å². The largest absolute Gasteiger partial charge is 0.392 e. The number of unbranched alkanes of at least 4 members (excludes halogenated alkanes) is 4. The van der Waals surface area contributed by atoms with Gasteiger partial charge in [0.05, 0.1) is 6.61 Å². The number of hydrogen-bond acceptors (Lipinski definition) is 1. The quantitative estimate of drug-likeness (QED) is 0.450. The van der Waals surface area contributed by atoms with Gasteiger partial charge in [0, 0.05) is 0 Å². The van der Waals surface area contributed by atoms with Gasteiger partial charge in [0.2, 0.25) is 0 Å². The fourth-order valence-electron chi connectivity index (χ4n) is 1.10. The van der Waals surface area contributed by atoms with Crippen LogP contribution in [0.4, 0.5) is 0 Å². The number of hydrogen-bond donors (Lipinski definition) is 1. The zero-order chi connectivity index (χ0) is 9.78. The second kappa shape index (κ2) is 11.4. The van der Waals surface area contributed by atoms with E-state index >= 15 is 0 Å². The molecule has 1 nitrogen and oxygen atoms in total. The van der Waals surface area contributed by atoms with Crippen molar-refractivity contribution in [2.24, 2.45) is 0 Å². The second-order valence-corrected chi connectivity index (χ2v) is 3.20. The van der Waals surface area contributed by atoms with Crippen LogP contribution in [-0.4, -0.2) is 11.7 Å². The molecule has 0 atom stereocenters. The number of allylic oxidation sites excluding steroid dienone is 3. The van der Waals surface area contributed by atoms with Gasteiger partial charge in [-0.3, -0.25) is 0 Å². The fourth-order valence-corrected chi connectivity index (χ4v) is 1.10. The lowest BCUT2D eigenvalue weighted by molar-refractivity contribution is 0.342. The molecule has 1 N–H and O–H groups in total. The van der Waals surface area contributed by atoms with E-state index in [2.05, 4.69) is 19.1 Å². The first-order valence-corrected chi connectivity index (χ1v) is 5.32. The summed E-state index contributed by atoms with van der Waals surface area (Å²) in [7, 11) is 0. The highest BCUT2D eigenvalue weighted by atomic mass is 16.2. The van der Waals surface area contributed by atoms with E-state index in [0.717, 1.165) is 6.42 Å². The van der Waals surface area contributed by atoms with Crippen LogP contribution in [0.3, 0.4) is 0 Å². The van der Waals surface area contributed by atoms with Crippen molar-refractivity contribution in [1.29, 1.82) is 0 Å². The van der Waals surface area contributed by atoms with Crippen LogP contribution in [0.15, 0.2) is 24.3 Å². The summed E-state index contributed by atoms with van der Waals surface area (Å²) in [6.07, 6.45) is 15.6. The summed E-state index contributed by atoms with van der Waals surface area (Å²) < 4.78 is 0. The van der Waals surface area contributed by atoms with Crippen molar-refractivity contribution in [3.05, 3.63) is 24.3 Å². The van der Waals surface area contributed by atoms with Gasteiger partial charge in [0.25, 0.3) is 0 Å². The lowest BCUT2D eigenvalue weighted by Gasteiger charge is -1.91. The first-order chi connectivity index (χ1) is 6.41. The van der Waals surface area contributed by atoms with Gasteiger partial charge in [0.15, 0.2) is 0 Å². The lowest BCUT2D eigenvalue weighted by Crippen LogP contribution is -1.73. The summed E-state index contributed by atoms with van der Waals surface area (Å²) in [4.78, 5) is 0. The molecule has 13 heavy (non-hydrogen) atoms. The molecule has 0 aromatic carbocycles. The van der Waals surface area contributed by atoms with Crippen LogP contribution in [0.2, 0.25) is 0 Å². The molecule has 0 saturated heterocycles. The van der Waals surface area contributed by atoms with Crippen LogP contribution in [0.5, 0.6) is 0 Å². The average Bonchev–Trinajstić information content (AvgIpc) is 2.16. The summed E-state index contributed by atoms with van der Waals surface area (Å²) in [5, 5.41) is 8.47. The van der Waals surface area contributed by atoms with Gasteiger partial charge in [-0.15, -0.1) is 0 Å². The van der Waals surface area contributed by atoms with Crippen LogP contribution >= 0.6 is 0 Å². The first-order valence-electron chi connectivity index (χ1n) is 5.32. The Morgan fingerprint density at radius 3 is 1.92 bits per heavy atom. The smallest absolute Gasteiger partial charge is 0.0612 e. The summed E-state index contributed by atoms with van der Waals surface area (Å²) in [5.41, 5.74) is 0. The number of aliphatic hydroxyl groups is 1. The molecule has 0 radical (unpaired) electrons. The standard InChI is InChI=1S/C12H22O/c1-2-3-4-5-6-7-8-9-10-11-12-13/h5-6,10-11,13H,2-4,7-9,12H2,1H3/b6-5-,11-10+. The second-order valence-electron chi connectivity index (χ2n) is 3.20. The van der Waals surface area contributed by atoms with Crippen molar-refractivity contribution in [3.8, 4) is 0 Å². The molecule has 0 bridgehead atoms. The van der Waals surface area contributed by atoms with Crippen molar-refractivity contribution < 1.29 is 5.11 Å². The van der Waals surface area contributed by atoms with E-state index in [9.17, 15) is 0 Å². The van der Waals surface area contributed by atoms with Crippen LogP contribution in [0, 0.1) is 0 Å². The van der Waals surface area contributed by atoms with Crippen molar-refractivity contribution in [2.45, 2.75) is 45.4 Å². The number of aliphatic hydroxyl groups excluding tert-OH is 1. The van der Waals surface area contributed by atoms with Crippen molar-refractivity contribution >= 4 is 0 Å². The highest BCUT2D eigenvalue weighted by molar-refractivity contribution is 4.84. The third kappa shape index (κ3) is 11.4. The molecule has 0 saturated carbocycles. The third-order valence-electron chi connectivity index (χ3n) is 1.90. The van der Waals surface area contributed by atoms with Gasteiger partial charge >= 0.3 is 0 Å². The van der Waals surface area contributed by atoms with Crippen molar-refractivity contribution in [3.63, 3.8) is 0 Å². The molecular formula is C12H22O. The molecule has 0 rings (SSSR count). The Morgan fingerprint density at radius 1 is 0.846 bits per heavy atom. The topological polar surface area (TPSA) is 20.2 Å². The van der Waals surface area contributed by atoms with Gasteiger partial charge < -0.3 is 5.11 Å². The van der Waals surface area contributed by atoms with E-state index < -0.39 is 0 Å². The summed E-state index contributed by atoms with van der Waals surface area (Å²) >= 11 is 0. The highest BCUT2D eigenvalue weighted by Gasteiger charge is 1.81. The van der Waals surface area contributed by atoms with Crippen LogP contribution < -0.4 is 0 Å². The molecule has 76 valence electrons. The van der Waals surface area contributed by atoms with Crippen LogP contribution in [0.1, 0.15) is 45.4 Å². The minimum atomic E-state index is 0.173. The average molecular weight is 182 g/mol. The zero-order valence-corrected chi connectivity index (χ0v) is 8.71. The predicted molar refractivity (Wildman–Crippen MR) is 58.7 cm³/mol. The Labute approximate surface area is 82.2 Å². The van der Waals surface area contributed by atoms with E-state index in [1.807, 2.05) is 6.08 Å². The minimum Gasteiger partial charge on any atom is -0.392 e. The monoisotopic (exact) mass is 182 g/mol. The predicted octanol–water partition coefficient (Wildman–Crippen LogP) is 3.45. The van der Waals surface area contributed by atoms with Crippen molar-refractivity contribution in [1.82, 2.24) is 0 Å². The minimum absolute atomic E-state index is 0.173. The Hall–Kier alpha value is -0.560. The summed E-state index contributed by atoms with van der Waals surface area (Å²) in [5.74, 6) is 0. The fraction of sp³-hybridized carbons (Fsp3) is 0.667. The molecule has 1 heteroatoms. The van der Waals surface area contributed by atoms with E-state index in [0.29, 0.717) is 0 Å². The molecular weight excluding hydrogens is 160 g/mol. The first kappa shape index (κ1) is 12.4. The Bertz CT molecular complexity index is 136. The van der Waals surface area contributed by atoms with Crippen LogP contribution in [0.25, 0.3) is 0 Å². The molecule has 0 aliphatic rings. The molecule has 0 aliphatic carbocycles. The maximum atomic E-state index is 8.47. The molecule has 0 fully saturated rings. The lowest BCUT2D eigenvalue weighted by atomic mass is 10.2. The molecule has 0 spiro atoms. The van der Waals surface area contributed by atoms with Crippen molar-refractivity contribution in [2.75, 3.05) is 6.61 Å². The Balaban J connectivity index is 3.06. The normalized spacial score (nSPS) is 11.8. The highest BCUT2D eigenvalue weighted by Crippen LogP contribution is 2.00. The van der Waals surface area contributed by atoms with Gasteiger partial charge in [-0.05, 0) is 25.7 Å². The van der Waals surface area contributed by atoms with Gasteiger partial charge in [-0.1, -0.05) is 44.1 Å². The molecule has 0 aromatic heterocycles. The van der Waals surface area contributed by atoms with E-state index in [1.165, 1.54) is 32.1 Å². The third-order valence-corrected chi connectivity index (χ3v) is 1.90. The van der Waals surface area contributed by atoms with E-state index in [4.69, 9.17) is 5.11 Å². The SMILES string of the molecule is CCCC/C=C\CCC/C=C/CO. The number of rotatable bonds is 8. The molecule has 0 unspecified atom stereocenters. The Morgan fingerprint density at radius 2 is 1.38 bits per heavy atom. The maximum Gasteiger partial charge on any atom is 0.0612 e. The Kier molecular flexibility index (Phi) is 10.9. The van der Waals surface area contributed by atoms with E-state index in [1.54, 1.807) is 6.08 Å². The van der Waals surface area contributed by atoms with Gasteiger partial charge in [-0.25, -0.2) is 0 Å². The molecule has 0 aliphatic heterocycles. The molecule has 0 heterocycles. The van der Waals surface area contributed by atoms with Crippen LogP contribution in [-0.2, 0) is 0 Å². The zero-order valence-electron chi connectivity index (χ0n) is 8.71. The maximum absolute atomic E-state index is 8.47. The van der Waals surface area contributed by atoms with E-state index in [-0.39, 0.29) is 6.61 Å². The molecule has 0 amide bonds. The summed E-state index contributed by atoms with van der Waals surface area (Å²) in [6.45, 7) is 2.39. The van der Waals surface area contributed by atoms with Gasteiger partial charge in [0.1, 0.15) is 0 Å². The summed E-state index contributed by atoms with van der Waals surface area (Å²) in [6, 6.07) is 0. The molecule has 0 aromatic rings.